The molecule has 0 bridgehead atoms. The zero-order chi connectivity index (χ0) is 13.5. The molecule has 1 aromatic heterocycles. The molecule has 1 N–H and O–H groups in total. The largest absolute Gasteiger partial charge is 0.317 e. The van der Waals surface area contributed by atoms with Crippen LogP contribution in [0.1, 0.15) is 43.8 Å². The third kappa shape index (κ3) is 4.86. The molecular weight excluding hydrogens is 254 g/mol. The summed E-state index contributed by atoms with van der Waals surface area (Å²) in [5.74, 6) is 0.870. The number of aryl methyl sites for hydroxylation is 1. The van der Waals surface area contributed by atoms with Gasteiger partial charge in [0.2, 0.25) is 0 Å². The molecule has 0 spiro atoms. The Morgan fingerprint density at radius 3 is 2.84 bits per heavy atom. The van der Waals surface area contributed by atoms with E-state index in [1.54, 1.807) is 0 Å². The molecule has 2 rings (SSSR count). The Labute approximate surface area is 121 Å². The predicted octanol–water partition coefficient (Wildman–Crippen LogP) is 2.92. The highest BCUT2D eigenvalue weighted by atomic mass is 32.1. The Hall–Kier alpha value is -0.450. The van der Waals surface area contributed by atoms with Crippen molar-refractivity contribution in [2.75, 3.05) is 26.2 Å². The molecule has 0 unspecified atom stereocenters. The summed E-state index contributed by atoms with van der Waals surface area (Å²) in [6.07, 6.45) is 4.98. The third-order valence-corrected chi connectivity index (χ3v) is 4.83. The fraction of sp³-hybridized carbons (Fsp3) is 0.800. The maximum absolute atomic E-state index is 4.75. The summed E-state index contributed by atoms with van der Waals surface area (Å²) in [4.78, 5) is 7.30. The topological polar surface area (TPSA) is 28.2 Å². The summed E-state index contributed by atoms with van der Waals surface area (Å²) in [5, 5.41) is 6.99. The van der Waals surface area contributed by atoms with Gasteiger partial charge in [-0.15, -0.1) is 11.3 Å². The standard InChI is InChI=1S/C15H27N3S/c1-3-5-15-17-14(12-19-15)11-18(4-2)10-13-6-8-16-9-7-13/h12-13,16H,3-11H2,1-2H3. The van der Waals surface area contributed by atoms with Crippen molar-refractivity contribution in [3.63, 3.8) is 0 Å². The summed E-state index contributed by atoms with van der Waals surface area (Å²) in [5.41, 5.74) is 1.27. The van der Waals surface area contributed by atoms with E-state index in [1.165, 1.54) is 49.6 Å². The zero-order valence-electron chi connectivity index (χ0n) is 12.3. The van der Waals surface area contributed by atoms with E-state index in [0.717, 1.165) is 25.4 Å². The van der Waals surface area contributed by atoms with Crippen molar-refractivity contribution in [3.05, 3.63) is 16.1 Å². The minimum Gasteiger partial charge on any atom is -0.317 e. The summed E-state index contributed by atoms with van der Waals surface area (Å²) < 4.78 is 0. The summed E-state index contributed by atoms with van der Waals surface area (Å²) in [6.45, 7) is 10.3. The maximum atomic E-state index is 4.75. The monoisotopic (exact) mass is 281 g/mol. The fourth-order valence-electron chi connectivity index (χ4n) is 2.71. The molecule has 1 aliphatic heterocycles. The van der Waals surface area contributed by atoms with Crippen molar-refractivity contribution >= 4 is 11.3 Å². The molecule has 0 saturated carbocycles. The molecule has 2 heterocycles. The van der Waals surface area contributed by atoms with Crippen LogP contribution >= 0.6 is 11.3 Å². The number of hydrogen-bond donors (Lipinski definition) is 1. The van der Waals surface area contributed by atoms with Gasteiger partial charge in [0, 0.05) is 18.5 Å². The maximum Gasteiger partial charge on any atom is 0.0928 e. The average molecular weight is 281 g/mol. The molecule has 1 fully saturated rings. The van der Waals surface area contributed by atoms with E-state index in [9.17, 15) is 0 Å². The van der Waals surface area contributed by atoms with Crippen molar-refractivity contribution < 1.29 is 0 Å². The van der Waals surface area contributed by atoms with Gasteiger partial charge in [-0.1, -0.05) is 13.8 Å². The first-order chi connectivity index (χ1) is 9.31. The van der Waals surface area contributed by atoms with Crippen LogP contribution in [-0.2, 0) is 13.0 Å². The van der Waals surface area contributed by atoms with E-state index in [2.05, 4.69) is 29.4 Å². The highest BCUT2D eigenvalue weighted by molar-refractivity contribution is 7.09. The van der Waals surface area contributed by atoms with Crippen molar-refractivity contribution in [3.8, 4) is 0 Å². The Morgan fingerprint density at radius 2 is 2.16 bits per heavy atom. The molecular formula is C15H27N3S. The lowest BCUT2D eigenvalue weighted by atomic mass is 9.97. The number of hydrogen-bond acceptors (Lipinski definition) is 4. The average Bonchev–Trinajstić information content (AvgIpc) is 2.87. The van der Waals surface area contributed by atoms with Gasteiger partial charge < -0.3 is 5.32 Å². The van der Waals surface area contributed by atoms with Gasteiger partial charge >= 0.3 is 0 Å². The second-order valence-corrected chi connectivity index (χ2v) is 6.45. The molecule has 0 atom stereocenters. The quantitative estimate of drug-likeness (QED) is 0.833. The van der Waals surface area contributed by atoms with Gasteiger partial charge in [0.1, 0.15) is 0 Å². The highest BCUT2D eigenvalue weighted by Crippen LogP contribution is 2.17. The molecule has 0 aromatic carbocycles. The van der Waals surface area contributed by atoms with Crippen LogP contribution in [0.5, 0.6) is 0 Å². The van der Waals surface area contributed by atoms with Gasteiger partial charge in [0.05, 0.1) is 10.7 Å². The van der Waals surface area contributed by atoms with Crippen molar-refractivity contribution in [2.24, 2.45) is 5.92 Å². The number of rotatable bonds is 7. The van der Waals surface area contributed by atoms with Gasteiger partial charge in [-0.2, -0.15) is 0 Å². The molecule has 0 aliphatic carbocycles. The molecule has 1 aliphatic rings. The van der Waals surface area contributed by atoms with E-state index >= 15 is 0 Å². The van der Waals surface area contributed by atoms with Crippen LogP contribution in [0.2, 0.25) is 0 Å². The molecule has 4 heteroatoms. The van der Waals surface area contributed by atoms with Crippen LogP contribution < -0.4 is 5.32 Å². The number of nitrogens with one attached hydrogen (secondary N) is 1. The molecule has 1 aromatic rings. The van der Waals surface area contributed by atoms with Crippen LogP contribution in [0.4, 0.5) is 0 Å². The lowest BCUT2D eigenvalue weighted by molar-refractivity contribution is 0.205. The Balaban J connectivity index is 1.83. The zero-order valence-corrected chi connectivity index (χ0v) is 13.1. The van der Waals surface area contributed by atoms with E-state index < -0.39 is 0 Å². The van der Waals surface area contributed by atoms with Crippen molar-refractivity contribution in [2.45, 2.75) is 46.1 Å². The summed E-state index contributed by atoms with van der Waals surface area (Å²) in [6, 6.07) is 0. The van der Waals surface area contributed by atoms with Crippen LogP contribution in [-0.4, -0.2) is 36.1 Å². The summed E-state index contributed by atoms with van der Waals surface area (Å²) in [7, 11) is 0. The highest BCUT2D eigenvalue weighted by Gasteiger charge is 2.17. The number of nitrogens with zero attached hydrogens (tertiary/aromatic N) is 2. The molecule has 1 saturated heterocycles. The Kier molecular flexibility index (Phi) is 6.28. The summed E-state index contributed by atoms with van der Waals surface area (Å²) >= 11 is 1.82. The van der Waals surface area contributed by atoms with Crippen LogP contribution in [0.15, 0.2) is 5.38 Å². The van der Waals surface area contributed by atoms with E-state index in [-0.39, 0.29) is 0 Å². The van der Waals surface area contributed by atoms with Gasteiger partial charge in [0.15, 0.2) is 0 Å². The minimum atomic E-state index is 0.870. The molecule has 0 radical (unpaired) electrons. The van der Waals surface area contributed by atoms with E-state index in [4.69, 9.17) is 4.98 Å². The first-order valence-corrected chi connectivity index (χ1v) is 8.56. The Morgan fingerprint density at radius 1 is 1.37 bits per heavy atom. The van der Waals surface area contributed by atoms with Gasteiger partial charge in [-0.05, 0) is 51.2 Å². The third-order valence-electron chi connectivity index (χ3n) is 3.87. The predicted molar refractivity (Wildman–Crippen MR) is 82.7 cm³/mol. The van der Waals surface area contributed by atoms with E-state index in [0.29, 0.717) is 0 Å². The van der Waals surface area contributed by atoms with Crippen LogP contribution in [0, 0.1) is 5.92 Å². The lowest BCUT2D eigenvalue weighted by Crippen LogP contribution is -2.36. The van der Waals surface area contributed by atoms with Crippen LogP contribution in [0.3, 0.4) is 0 Å². The van der Waals surface area contributed by atoms with Crippen molar-refractivity contribution in [1.82, 2.24) is 15.2 Å². The Bertz CT molecular complexity index is 358. The van der Waals surface area contributed by atoms with Crippen molar-refractivity contribution in [1.29, 1.82) is 0 Å². The normalized spacial score (nSPS) is 17.2. The van der Waals surface area contributed by atoms with Gasteiger partial charge in [0.25, 0.3) is 0 Å². The molecule has 19 heavy (non-hydrogen) atoms. The van der Waals surface area contributed by atoms with Gasteiger partial charge in [-0.25, -0.2) is 4.98 Å². The number of piperidine rings is 1. The molecule has 3 nitrogen and oxygen atoms in total. The number of thiazole rings is 1. The number of aromatic nitrogens is 1. The lowest BCUT2D eigenvalue weighted by Gasteiger charge is -2.28. The first kappa shape index (κ1) is 14.9. The SMILES string of the molecule is CCCc1nc(CN(CC)CC2CCNCC2)cs1. The fourth-order valence-corrected chi connectivity index (χ4v) is 3.61. The van der Waals surface area contributed by atoms with E-state index in [1.807, 2.05) is 11.3 Å². The molecule has 108 valence electrons. The smallest absolute Gasteiger partial charge is 0.0928 e. The molecule has 0 amide bonds. The minimum absolute atomic E-state index is 0.870. The van der Waals surface area contributed by atoms with Gasteiger partial charge in [-0.3, -0.25) is 4.90 Å². The second-order valence-electron chi connectivity index (χ2n) is 5.50. The first-order valence-electron chi connectivity index (χ1n) is 7.68. The second kappa shape index (κ2) is 7.98. The van der Waals surface area contributed by atoms with Crippen LogP contribution in [0.25, 0.3) is 0 Å².